The summed E-state index contributed by atoms with van der Waals surface area (Å²) in [6.45, 7) is 0. The first kappa shape index (κ1) is 11.9. The van der Waals surface area contributed by atoms with Crippen molar-refractivity contribution in [1.29, 1.82) is 0 Å². The lowest BCUT2D eigenvalue weighted by Gasteiger charge is -2.07. The molecule has 1 aromatic rings. The van der Waals surface area contributed by atoms with E-state index in [2.05, 4.69) is 4.74 Å². The SMILES string of the molecule is COC(=O)c1c(Cl)cc(Cl)c(Cl)c1Cl. The average molecular weight is 274 g/mol. The van der Waals surface area contributed by atoms with Gasteiger partial charge in [0.05, 0.1) is 32.8 Å². The molecule has 0 radical (unpaired) electrons. The Morgan fingerprint density at radius 1 is 1.14 bits per heavy atom. The van der Waals surface area contributed by atoms with Crippen LogP contribution < -0.4 is 0 Å². The van der Waals surface area contributed by atoms with Gasteiger partial charge in [-0.1, -0.05) is 46.4 Å². The first-order chi connectivity index (χ1) is 6.49. The molecule has 0 saturated carbocycles. The lowest BCUT2D eigenvalue weighted by molar-refractivity contribution is 0.0601. The van der Waals surface area contributed by atoms with E-state index in [9.17, 15) is 4.79 Å². The second kappa shape index (κ2) is 4.58. The predicted octanol–water partition coefficient (Wildman–Crippen LogP) is 4.09. The molecular weight excluding hydrogens is 270 g/mol. The second-order valence-electron chi connectivity index (χ2n) is 2.33. The Bertz CT molecular complexity index is 389. The number of esters is 1. The molecule has 76 valence electrons. The fourth-order valence-electron chi connectivity index (χ4n) is 0.855. The van der Waals surface area contributed by atoms with E-state index in [1.807, 2.05) is 0 Å². The van der Waals surface area contributed by atoms with Gasteiger partial charge in [0, 0.05) is 0 Å². The third kappa shape index (κ3) is 2.09. The number of hydrogen-bond donors (Lipinski definition) is 0. The number of ether oxygens (including phenoxy) is 1. The van der Waals surface area contributed by atoms with Gasteiger partial charge in [-0.2, -0.15) is 0 Å². The maximum atomic E-state index is 11.2. The van der Waals surface area contributed by atoms with Crippen LogP contribution in [0.3, 0.4) is 0 Å². The third-order valence-corrected chi connectivity index (χ3v) is 3.06. The highest BCUT2D eigenvalue weighted by atomic mass is 35.5. The van der Waals surface area contributed by atoms with Gasteiger partial charge in [-0.05, 0) is 6.07 Å². The quantitative estimate of drug-likeness (QED) is 0.438. The Hall–Kier alpha value is -0.150. The molecule has 0 unspecified atom stereocenters. The lowest BCUT2D eigenvalue weighted by Crippen LogP contribution is -2.03. The van der Waals surface area contributed by atoms with E-state index in [0.29, 0.717) is 0 Å². The van der Waals surface area contributed by atoms with Crippen LogP contribution in [0.4, 0.5) is 0 Å². The highest BCUT2D eigenvalue weighted by Crippen LogP contribution is 2.37. The first-order valence-corrected chi connectivity index (χ1v) is 4.91. The summed E-state index contributed by atoms with van der Waals surface area (Å²) in [6.07, 6.45) is 0. The Morgan fingerprint density at radius 3 is 2.21 bits per heavy atom. The van der Waals surface area contributed by atoms with Crippen molar-refractivity contribution in [3.8, 4) is 0 Å². The molecule has 0 heterocycles. The average Bonchev–Trinajstić information content (AvgIpc) is 2.14. The number of rotatable bonds is 1. The highest BCUT2D eigenvalue weighted by Gasteiger charge is 2.20. The normalized spacial score (nSPS) is 10.1. The largest absolute Gasteiger partial charge is 0.465 e. The molecule has 0 atom stereocenters. The maximum Gasteiger partial charge on any atom is 0.340 e. The summed E-state index contributed by atoms with van der Waals surface area (Å²) < 4.78 is 4.48. The van der Waals surface area contributed by atoms with Gasteiger partial charge < -0.3 is 4.74 Å². The van der Waals surface area contributed by atoms with Gasteiger partial charge in [0.2, 0.25) is 0 Å². The van der Waals surface area contributed by atoms with Gasteiger partial charge in [-0.25, -0.2) is 4.79 Å². The lowest BCUT2D eigenvalue weighted by atomic mass is 10.2. The van der Waals surface area contributed by atoms with Gasteiger partial charge in [0.1, 0.15) is 0 Å². The molecule has 0 aliphatic heterocycles. The number of hydrogen-bond acceptors (Lipinski definition) is 2. The van der Waals surface area contributed by atoms with Gasteiger partial charge in [-0.3, -0.25) is 0 Å². The van der Waals surface area contributed by atoms with Crippen molar-refractivity contribution >= 4 is 52.4 Å². The summed E-state index contributed by atoms with van der Waals surface area (Å²) in [6, 6.07) is 1.34. The molecule has 0 aliphatic rings. The molecule has 14 heavy (non-hydrogen) atoms. The molecule has 0 spiro atoms. The zero-order valence-electron chi connectivity index (χ0n) is 6.91. The molecule has 0 aromatic heterocycles. The number of halogens is 4. The van der Waals surface area contributed by atoms with Crippen LogP contribution >= 0.6 is 46.4 Å². The molecule has 1 rings (SSSR count). The third-order valence-electron chi connectivity index (χ3n) is 1.50. The van der Waals surface area contributed by atoms with Crippen LogP contribution in [-0.2, 0) is 4.74 Å². The number of methoxy groups -OCH3 is 1. The van der Waals surface area contributed by atoms with Crippen LogP contribution in [0.5, 0.6) is 0 Å². The topological polar surface area (TPSA) is 26.3 Å². The van der Waals surface area contributed by atoms with Crippen molar-refractivity contribution in [3.05, 3.63) is 31.7 Å². The smallest absolute Gasteiger partial charge is 0.340 e. The van der Waals surface area contributed by atoms with Crippen LogP contribution in [0.15, 0.2) is 6.07 Å². The minimum Gasteiger partial charge on any atom is -0.465 e. The summed E-state index contributed by atoms with van der Waals surface area (Å²) in [5, 5.41) is 0.375. The van der Waals surface area contributed by atoms with Gasteiger partial charge in [0.25, 0.3) is 0 Å². The highest BCUT2D eigenvalue weighted by molar-refractivity contribution is 6.51. The van der Waals surface area contributed by atoms with Crippen LogP contribution in [0.1, 0.15) is 10.4 Å². The van der Waals surface area contributed by atoms with Gasteiger partial charge in [0.15, 0.2) is 0 Å². The van der Waals surface area contributed by atoms with E-state index >= 15 is 0 Å². The number of carbonyl (C=O) groups excluding carboxylic acids is 1. The summed E-state index contributed by atoms with van der Waals surface area (Å²) in [4.78, 5) is 11.2. The standard InChI is InChI=1S/C8H4Cl4O2/c1-14-8(13)5-3(9)2-4(10)6(11)7(5)12/h2H,1H3. The Balaban J connectivity index is 3.44. The summed E-state index contributed by atoms with van der Waals surface area (Å²) in [5.74, 6) is -0.654. The second-order valence-corrected chi connectivity index (χ2v) is 3.91. The number of benzene rings is 1. The fraction of sp³-hybridized carbons (Fsp3) is 0.125. The minimum atomic E-state index is -0.654. The summed E-state index contributed by atoms with van der Waals surface area (Å²) in [7, 11) is 1.22. The molecule has 0 amide bonds. The molecule has 0 bridgehead atoms. The Labute approximate surface area is 101 Å². The van der Waals surface area contributed by atoms with Crippen LogP contribution in [-0.4, -0.2) is 13.1 Å². The van der Waals surface area contributed by atoms with Crippen molar-refractivity contribution < 1.29 is 9.53 Å². The molecule has 0 fully saturated rings. The van der Waals surface area contributed by atoms with E-state index in [1.54, 1.807) is 0 Å². The molecule has 2 nitrogen and oxygen atoms in total. The molecule has 0 saturated heterocycles. The van der Waals surface area contributed by atoms with Crippen molar-refractivity contribution in [2.45, 2.75) is 0 Å². The van der Waals surface area contributed by atoms with Crippen molar-refractivity contribution in [1.82, 2.24) is 0 Å². The molecule has 6 heteroatoms. The van der Waals surface area contributed by atoms with Gasteiger partial charge >= 0.3 is 5.97 Å². The van der Waals surface area contributed by atoms with Crippen LogP contribution in [0.2, 0.25) is 20.1 Å². The zero-order valence-corrected chi connectivity index (χ0v) is 9.93. The molecule has 1 aromatic carbocycles. The Morgan fingerprint density at radius 2 is 1.71 bits per heavy atom. The van der Waals surface area contributed by atoms with E-state index in [-0.39, 0.29) is 25.7 Å². The van der Waals surface area contributed by atoms with Crippen LogP contribution in [0.25, 0.3) is 0 Å². The molecular formula is C8H4Cl4O2. The first-order valence-electron chi connectivity index (χ1n) is 3.40. The number of carbonyl (C=O) groups is 1. The summed E-state index contributed by atoms with van der Waals surface area (Å²) >= 11 is 22.9. The maximum absolute atomic E-state index is 11.2. The molecule has 0 N–H and O–H groups in total. The van der Waals surface area contributed by atoms with Crippen molar-refractivity contribution in [2.75, 3.05) is 7.11 Å². The zero-order chi connectivity index (χ0) is 10.9. The Kier molecular flexibility index (Phi) is 3.90. The van der Waals surface area contributed by atoms with Crippen molar-refractivity contribution in [3.63, 3.8) is 0 Å². The monoisotopic (exact) mass is 272 g/mol. The fourth-order valence-corrected chi connectivity index (χ4v) is 1.92. The van der Waals surface area contributed by atoms with E-state index < -0.39 is 5.97 Å². The molecule has 0 aliphatic carbocycles. The van der Waals surface area contributed by atoms with Gasteiger partial charge in [-0.15, -0.1) is 0 Å². The minimum absolute atomic E-state index is 0.00369. The van der Waals surface area contributed by atoms with E-state index in [0.717, 1.165) is 0 Å². The predicted molar refractivity (Wildman–Crippen MR) is 57.8 cm³/mol. The summed E-state index contributed by atoms with van der Waals surface area (Å²) in [5.41, 5.74) is 0.0187. The van der Waals surface area contributed by atoms with E-state index in [1.165, 1.54) is 13.2 Å². The van der Waals surface area contributed by atoms with E-state index in [4.69, 9.17) is 46.4 Å². The van der Waals surface area contributed by atoms with Crippen LogP contribution in [0, 0.1) is 0 Å². The van der Waals surface area contributed by atoms with Crippen molar-refractivity contribution in [2.24, 2.45) is 0 Å².